The summed E-state index contributed by atoms with van der Waals surface area (Å²) in [6.45, 7) is 3.82. The molecule has 5 nitrogen and oxygen atoms in total. The standard InChI is InChI=1S/C15H13N3O2S/c1-9-4-3-5-10(2)12(9)17-13(19)11-8-16-15-18(14(11)20)6-7-21-15/h3-8H,1-2H3,(H,17,19). The molecule has 0 radical (unpaired) electrons. The molecule has 0 spiro atoms. The summed E-state index contributed by atoms with van der Waals surface area (Å²) in [5.74, 6) is -0.439. The van der Waals surface area contributed by atoms with Gasteiger partial charge in [-0.1, -0.05) is 18.2 Å². The molecule has 2 aromatic heterocycles. The number of thiazole rings is 1. The summed E-state index contributed by atoms with van der Waals surface area (Å²) in [4.78, 5) is 29.3. The summed E-state index contributed by atoms with van der Waals surface area (Å²) in [6, 6.07) is 5.75. The van der Waals surface area contributed by atoms with E-state index in [9.17, 15) is 9.59 Å². The maximum Gasteiger partial charge on any atom is 0.271 e. The van der Waals surface area contributed by atoms with Crippen molar-refractivity contribution >= 4 is 27.9 Å². The van der Waals surface area contributed by atoms with E-state index in [-0.39, 0.29) is 11.1 Å². The molecule has 0 aliphatic heterocycles. The Bertz CT molecular complexity index is 875. The zero-order chi connectivity index (χ0) is 15.0. The fourth-order valence-corrected chi connectivity index (χ4v) is 2.85. The number of fused-ring (bicyclic) bond motifs is 1. The number of aromatic nitrogens is 2. The largest absolute Gasteiger partial charge is 0.321 e. The number of amides is 1. The first-order chi connectivity index (χ1) is 10.1. The zero-order valence-corrected chi connectivity index (χ0v) is 12.4. The normalized spacial score (nSPS) is 10.8. The van der Waals surface area contributed by atoms with Gasteiger partial charge < -0.3 is 5.32 Å². The van der Waals surface area contributed by atoms with Crippen LogP contribution in [0.3, 0.4) is 0 Å². The Morgan fingerprint density at radius 1 is 1.29 bits per heavy atom. The SMILES string of the molecule is Cc1cccc(C)c1NC(=O)c1cnc2sccn2c1=O. The molecule has 21 heavy (non-hydrogen) atoms. The summed E-state index contributed by atoms with van der Waals surface area (Å²) in [7, 11) is 0. The highest BCUT2D eigenvalue weighted by molar-refractivity contribution is 7.15. The lowest BCUT2D eigenvalue weighted by atomic mass is 10.1. The molecule has 3 rings (SSSR count). The number of aryl methyl sites for hydroxylation is 2. The number of hydrogen-bond acceptors (Lipinski definition) is 4. The lowest BCUT2D eigenvalue weighted by molar-refractivity contribution is 0.102. The number of anilines is 1. The average Bonchev–Trinajstić information content (AvgIpc) is 2.92. The van der Waals surface area contributed by atoms with Gasteiger partial charge >= 0.3 is 0 Å². The molecule has 1 aromatic carbocycles. The maximum absolute atomic E-state index is 12.3. The van der Waals surface area contributed by atoms with Crippen molar-refractivity contribution in [2.75, 3.05) is 5.32 Å². The molecule has 3 aromatic rings. The van der Waals surface area contributed by atoms with Crippen LogP contribution in [0.2, 0.25) is 0 Å². The van der Waals surface area contributed by atoms with E-state index >= 15 is 0 Å². The molecule has 0 aliphatic rings. The summed E-state index contributed by atoms with van der Waals surface area (Å²) < 4.78 is 1.38. The zero-order valence-electron chi connectivity index (χ0n) is 11.6. The molecule has 0 bridgehead atoms. The summed E-state index contributed by atoms with van der Waals surface area (Å²) >= 11 is 1.35. The van der Waals surface area contributed by atoms with Crippen molar-refractivity contribution in [1.29, 1.82) is 0 Å². The number of para-hydroxylation sites is 1. The Labute approximate surface area is 124 Å². The van der Waals surface area contributed by atoms with Crippen LogP contribution < -0.4 is 10.9 Å². The van der Waals surface area contributed by atoms with Gasteiger partial charge in [-0.2, -0.15) is 0 Å². The molecule has 6 heteroatoms. The van der Waals surface area contributed by atoms with Gasteiger partial charge in [0, 0.05) is 23.5 Å². The van der Waals surface area contributed by atoms with Gasteiger partial charge in [-0.3, -0.25) is 14.0 Å². The van der Waals surface area contributed by atoms with Crippen molar-refractivity contribution in [1.82, 2.24) is 9.38 Å². The second-order valence-electron chi connectivity index (χ2n) is 4.75. The van der Waals surface area contributed by atoms with Crippen LogP contribution in [0.1, 0.15) is 21.5 Å². The fraction of sp³-hybridized carbons (Fsp3) is 0.133. The van der Waals surface area contributed by atoms with Crippen LogP contribution in [0.15, 0.2) is 40.8 Å². The minimum Gasteiger partial charge on any atom is -0.321 e. The molecule has 0 aliphatic carbocycles. The lowest BCUT2D eigenvalue weighted by Gasteiger charge is -2.11. The number of nitrogens with one attached hydrogen (secondary N) is 1. The monoisotopic (exact) mass is 299 g/mol. The molecule has 0 fully saturated rings. The molecule has 0 saturated heterocycles. The van der Waals surface area contributed by atoms with Gasteiger partial charge in [-0.05, 0) is 25.0 Å². The summed E-state index contributed by atoms with van der Waals surface area (Å²) in [5, 5.41) is 4.56. The second kappa shape index (κ2) is 5.14. The molecule has 0 atom stereocenters. The van der Waals surface area contributed by atoms with Gasteiger partial charge in [0.15, 0.2) is 4.96 Å². The van der Waals surface area contributed by atoms with E-state index in [4.69, 9.17) is 0 Å². The smallest absolute Gasteiger partial charge is 0.271 e. The van der Waals surface area contributed by atoms with Crippen molar-refractivity contribution in [3.8, 4) is 0 Å². The quantitative estimate of drug-likeness (QED) is 0.791. The number of rotatable bonds is 2. The van der Waals surface area contributed by atoms with Crippen LogP contribution in [-0.4, -0.2) is 15.3 Å². The van der Waals surface area contributed by atoms with Crippen molar-refractivity contribution in [2.45, 2.75) is 13.8 Å². The molecule has 0 unspecified atom stereocenters. The predicted molar refractivity (Wildman–Crippen MR) is 83.2 cm³/mol. The summed E-state index contributed by atoms with van der Waals surface area (Å²) in [6.07, 6.45) is 2.95. The molecule has 106 valence electrons. The van der Waals surface area contributed by atoms with Crippen molar-refractivity contribution < 1.29 is 4.79 Å². The van der Waals surface area contributed by atoms with E-state index in [1.807, 2.05) is 32.0 Å². The van der Waals surface area contributed by atoms with Gasteiger partial charge in [0.1, 0.15) is 5.56 Å². The molecule has 1 amide bonds. The first-order valence-electron chi connectivity index (χ1n) is 6.40. The van der Waals surface area contributed by atoms with E-state index in [1.165, 1.54) is 21.9 Å². The average molecular weight is 299 g/mol. The third kappa shape index (κ3) is 2.34. The number of carbonyl (C=O) groups is 1. The van der Waals surface area contributed by atoms with Crippen LogP contribution in [0.4, 0.5) is 5.69 Å². The maximum atomic E-state index is 12.3. The number of hydrogen-bond donors (Lipinski definition) is 1. The highest BCUT2D eigenvalue weighted by Crippen LogP contribution is 2.19. The minimum atomic E-state index is -0.439. The van der Waals surface area contributed by atoms with Crippen LogP contribution in [-0.2, 0) is 0 Å². The topological polar surface area (TPSA) is 63.5 Å². The number of nitrogens with zero attached hydrogens (tertiary/aromatic N) is 2. The summed E-state index contributed by atoms with van der Waals surface area (Å²) in [5.41, 5.74) is 2.32. The first-order valence-corrected chi connectivity index (χ1v) is 7.28. The van der Waals surface area contributed by atoms with E-state index in [1.54, 1.807) is 11.6 Å². The van der Waals surface area contributed by atoms with Gasteiger partial charge in [0.2, 0.25) is 0 Å². The Hall–Kier alpha value is -2.47. The van der Waals surface area contributed by atoms with Crippen LogP contribution in [0.25, 0.3) is 4.96 Å². The molecule has 2 heterocycles. The van der Waals surface area contributed by atoms with Crippen LogP contribution in [0.5, 0.6) is 0 Å². The lowest BCUT2D eigenvalue weighted by Crippen LogP contribution is -2.26. The Morgan fingerprint density at radius 2 is 2.00 bits per heavy atom. The number of carbonyl (C=O) groups excluding carboxylic acids is 1. The third-order valence-corrected chi connectivity index (χ3v) is 4.08. The predicted octanol–water partition coefficient (Wildman–Crippen LogP) is 2.63. The minimum absolute atomic E-state index is 0.0357. The van der Waals surface area contributed by atoms with Gasteiger partial charge in [0.25, 0.3) is 11.5 Å². The Balaban J connectivity index is 2.01. The Morgan fingerprint density at radius 3 is 2.71 bits per heavy atom. The van der Waals surface area contributed by atoms with E-state index < -0.39 is 5.91 Å². The highest BCUT2D eigenvalue weighted by Gasteiger charge is 2.15. The van der Waals surface area contributed by atoms with Gasteiger partial charge in [0.05, 0.1) is 0 Å². The van der Waals surface area contributed by atoms with Crippen molar-refractivity contribution in [3.05, 3.63) is 63.0 Å². The highest BCUT2D eigenvalue weighted by atomic mass is 32.1. The fourth-order valence-electron chi connectivity index (χ4n) is 2.17. The van der Waals surface area contributed by atoms with Crippen molar-refractivity contribution in [2.24, 2.45) is 0 Å². The molecular formula is C15H13N3O2S. The van der Waals surface area contributed by atoms with Crippen LogP contribution >= 0.6 is 11.3 Å². The van der Waals surface area contributed by atoms with E-state index in [2.05, 4.69) is 10.3 Å². The number of benzene rings is 1. The first kappa shape index (κ1) is 13.5. The van der Waals surface area contributed by atoms with Crippen LogP contribution in [0, 0.1) is 13.8 Å². The van der Waals surface area contributed by atoms with Gasteiger partial charge in [-0.25, -0.2) is 4.98 Å². The van der Waals surface area contributed by atoms with E-state index in [0.29, 0.717) is 4.96 Å². The Kier molecular flexibility index (Phi) is 3.31. The van der Waals surface area contributed by atoms with E-state index in [0.717, 1.165) is 16.8 Å². The molecular weight excluding hydrogens is 286 g/mol. The van der Waals surface area contributed by atoms with Crippen molar-refractivity contribution in [3.63, 3.8) is 0 Å². The molecule has 0 saturated carbocycles. The second-order valence-corrected chi connectivity index (χ2v) is 5.63. The molecule has 1 N–H and O–H groups in total. The third-order valence-electron chi connectivity index (χ3n) is 3.31. The van der Waals surface area contributed by atoms with Gasteiger partial charge in [-0.15, -0.1) is 11.3 Å².